The van der Waals surface area contributed by atoms with Crippen LogP contribution in [0.3, 0.4) is 0 Å². The highest BCUT2D eigenvalue weighted by Crippen LogP contribution is 2.37. The van der Waals surface area contributed by atoms with Gasteiger partial charge in [-0.05, 0) is 68.6 Å². The fraction of sp³-hybridized carbons (Fsp3) is 0.333. The number of piperidine rings is 1. The Bertz CT molecular complexity index is 1210. The Kier molecular flexibility index (Phi) is 5.12. The van der Waals surface area contributed by atoms with Crippen molar-refractivity contribution in [1.82, 2.24) is 15.2 Å². The molecule has 31 heavy (non-hydrogen) atoms. The van der Waals surface area contributed by atoms with Gasteiger partial charge in [0, 0.05) is 25.5 Å². The minimum absolute atomic E-state index is 0.326. The second kappa shape index (κ2) is 7.95. The van der Waals surface area contributed by atoms with Crippen LogP contribution in [0.2, 0.25) is 0 Å². The van der Waals surface area contributed by atoms with E-state index in [-0.39, 0.29) is 5.82 Å². The van der Waals surface area contributed by atoms with E-state index in [2.05, 4.69) is 41.3 Å². The van der Waals surface area contributed by atoms with E-state index in [0.29, 0.717) is 17.1 Å². The molecule has 5 nitrogen and oxygen atoms in total. The van der Waals surface area contributed by atoms with Gasteiger partial charge in [0.05, 0.1) is 16.0 Å². The van der Waals surface area contributed by atoms with Crippen molar-refractivity contribution in [2.45, 2.75) is 32.2 Å². The molecule has 0 atom stereocenters. The molecule has 0 unspecified atom stereocenters. The number of rotatable bonds is 3. The summed E-state index contributed by atoms with van der Waals surface area (Å²) in [5.74, 6) is -0.326. The smallest absolute Gasteiger partial charge is 0.186 e. The van der Waals surface area contributed by atoms with Crippen molar-refractivity contribution in [2.24, 2.45) is 0 Å². The number of hydrogen-bond acceptors (Lipinski definition) is 6. The maximum absolute atomic E-state index is 15.1. The van der Waals surface area contributed by atoms with Crippen molar-refractivity contribution in [3.8, 4) is 6.07 Å². The SMILES string of the molecule is CC1=CN2C=C(c3cc(F)c4nc(N(C)C5CCNCC5)sc4c3)C=C(C#N)C2=CC1. The van der Waals surface area contributed by atoms with Gasteiger partial charge in [-0.15, -0.1) is 0 Å². The highest BCUT2D eigenvalue weighted by atomic mass is 32.1. The van der Waals surface area contributed by atoms with Crippen molar-refractivity contribution in [1.29, 1.82) is 5.26 Å². The second-order valence-electron chi connectivity index (χ2n) is 8.32. The van der Waals surface area contributed by atoms with Gasteiger partial charge >= 0.3 is 0 Å². The van der Waals surface area contributed by atoms with Gasteiger partial charge in [0.2, 0.25) is 0 Å². The molecule has 5 rings (SSSR count). The molecule has 3 aliphatic heterocycles. The van der Waals surface area contributed by atoms with Gasteiger partial charge < -0.3 is 15.1 Å². The summed E-state index contributed by atoms with van der Waals surface area (Å²) in [4.78, 5) is 8.77. The average molecular weight is 434 g/mol. The van der Waals surface area contributed by atoms with E-state index in [4.69, 9.17) is 0 Å². The fourth-order valence-corrected chi connectivity index (χ4v) is 5.44. The third kappa shape index (κ3) is 3.67. The maximum Gasteiger partial charge on any atom is 0.186 e. The normalized spacial score (nSPS) is 19.2. The van der Waals surface area contributed by atoms with Crippen LogP contribution in [0.15, 0.2) is 53.5 Å². The summed E-state index contributed by atoms with van der Waals surface area (Å²) in [6.07, 6.45) is 10.9. The second-order valence-corrected chi connectivity index (χ2v) is 9.33. The van der Waals surface area contributed by atoms with Crippen molar-refractivity contribution in [3.63, 3.8) is 0 Å². The molecule has 0 saturated carbocycles. The van der Waals surface area contributed by atoms with Crippen LogP contribution in [0.1, 0.15) is 31.7 Å². The van der Waals surface area contributed by atoms with Crippen LogP contribution in [-0.2, 0) is 0 Å². The number of benzene rings is 1. The first-order valence-electron chi connectivity index (χ1n) is 10.6. The third-order valence-electron chi connectivity index (χ3n) is 6.16. The molecule has 0 radical (unpaired) electrons. The van der Waals surface area contributed by atoms with Crippen LogP contribution in [-0.4, -0.2) is 36.1 Å². The molecule has 7 heteroatoms. The first kappa shape index (κ1) is 20.0. The number of allylic oxidation sites excluding steroid dienone is 5. The quantitative estimate of drug-likeness (QED) is 0.745. The summed E-state index contributed by atoms with van der Waals surface area (Å²) in [6, 6.07) is 6.23. The molecule has 1 N–H and O–H groups in total. The number of nitrogens with zero attached hydrogens (tertiary/aromatic N) is 4. The summed E-state index contributed by atoms with van der Waals surface area (Å²) in [5.41, 5.74) is 4.70. The third-order valence-corrected chi connectivity index (χ3v) is 7.25. The number of hydrogen-bond donors (Lipinski definition) is 1. The van der Waals surface area contributed by atoms with Gasteiger partial charge in [0.15, 0.2) is 10.9 Å². The number of nitriles is 1. The molecule has 1 fully saturated rings. The van der Waals surface area contributed by atoms with E-state index in [1.165, 1.54) is 23.0 Å². The van der Waals surface area contributed by atoms with Gasteiger partial charge in [0.1, 0.15) is 11.6 Å². The standard InChI is InChI=1S/C24H24FN5S/c1-15-3-4-21-17(12-26)9-18(14-30(21)13-15)16-10-20(25)23-22(11-16)31-24(28-23)29(2)19-5-7-27-8-6-19/h4,9-11,13-14,19,27H,3,5-8H2,1-2H3. The van der Waals surface area contributed by atoms with Crippen LogP contribution in [0.5, 0.6) is 0 Å². The molecule has 0 spiro atoms. The summed E-state index contributed by atoms with van der Waals surface area (Å²) < 4.78 is 15.9. The predicted molar refractivity (Wildman–Crippen MR) is 124 cm³/mol. The zero-order valence-electron chi connectivity index (χ0n) is 17.7. The van der Waals surface area contributed by atoms with Crippen molar-refractivity contribution in [2.75, 3.05) is 25.0 Å². The van der Waals surface area contributed by atoms with E-state index in [1.807, 2.05) is 29.4 Å². The van der Waals surface area contributed by atoms with Crippen molar-refractivity contribution >= 4 is 32.3 Å². The summed E-state index contributed by atoms with van der Waals surface area (Å²) in [6.45, 7) is 4.07. The molecule has 158 valence electrons. The zero-order chi connectivity index (χ0) is 21.5. The average Bonchev–Trinajstić information content (AvgIpc) is 3.23. The monoisotopic (exact) mass is 433 g/mol. The molecule has 1 saturated heterocycles. The number of halogens is 1. The highest BCUT2D eigenvalue weighted by molar-refractivity contribution is 7.22. The van der Waals surface area contributed by atoms with E-state index < -0.39 is 0 Å². The van der Waals surface area contributed by atoms with Crippen LogP contribution in [0.25, 0.3) is 15.8 Å². The summed E-state index contributed by atoms with van der Waals surface area (Å²) in [5, 5.41) is 13.9. The molecule has 2 aromatic rings. The molecule has 1 aromatic carbocycles. The number of thiazole rings is 1. The number of aromatic nitrogens is 1. The van der Waals surface area contributed by atoms with Crippen LogP contribution < -0.4 is 10.2 Å². The Morgan fingerprint density at radius 1 is 1.29 bits per heavy atom. The zero-order valence-corrected chi connectivity index (χ0v) is 18.5. The lowest BCUT2D eigenvalue weighted by Crippen LogP contribution is -2.41. The molecule has 1 aromatic heterocycles. The summed E-state index contributed by atoms with van der Waals surface area (Å²) >= 11 is 1.53. The van der Waals surface area contributed by atoms with Gasteiger partial charge in [0.25, 0.3) is 0 Å². The van der Waals surface area contributed by atoms with Crippen molar-refractivity contribution in [3.05, 3.63) is 64.9 Å². The predicted octanol–water partition coefficient (Wildman–Crippen LogP) is 4.92. The van der Waals surface area contributed by atoms with Crippen molar-refractivity contribution < 1.29 is 4.39 Å². The lowest BCUT2D eigenvalue weighted by molar-refractivity contribution is 0.443. The van der Waals surface area contributed by atoms with Crippen LogP contribution >= 0.6 is 11.3 Å². The van der Waals surface area contributed by atoms with Gasteiger partial charge in [-0.2, -0.15) is 5.26 Å². The number of nitrogens with one attached hydrogen (secondary N) is 1. The van der Waals surface area contributed by atoms with E-state index in [9.17, 15) is 5.26 Å². The first-order valence-corrected chi connectivity index (χ1v) is 11.4. The Labute approximate surface area is 185 Å². The minimum Gasteiger partial charge on any atom is -0.348 e. The Morgan fingerprint density at radius 2 is 2.10 bits per heavy atom. The van der Waals surface area contributed by atoms with Crippen LogP contribution in [0, 0.1) is 17.1 Å². The van der Waals surface area contributed by atoms with Gasteiger partial charge in [-0.3, -0.25) is 0 Å². The fourth-order valence-electron chi connectivity index (χ4n) is 4.39. The van der Waals surface area contributed by atoms with E-state index in [1.54, 1.807) is 0 Å². The van der Waals surface area contributed by atoms with Gasteiger partial charge in [-0.25, -0.2) is 9.37 Å². The molecule has 3 aliphatic rings. The molecule has 0 amide bonds. The first-order chi connectivity index (χ1) is 15.0. The molecule has 4 heterocycles. The Morgan fingerprint density at radius 3 is 2.87 bits per heavy atom. The molecule has 0 bridgehead atoms. The molecule has 0 aliphatic carbocycles. The molecular formula is C24H24FN5S. The van der Waals surface area contributed by atoms with E-state index in [0.717, 1.165) is 59.0 Å². The molecular weight excluding hydrogens is 409 g/mol. The lowest BCUT2D eigenvalue weighted by atomic mass is 9.96. The topological polar surface area (TPSA) is 55.2 Å². The van der Waals surface area contributed by atoms with Crippen LogP contribution in [0.4, 0.5) is 9.52 Å². The largest absolute Gasteiger partial charge is 0.348 e. The number of fused-ring (bicyclic) bond motifs is 2. The lowest BCUT2D eigenvalue weighted by Gasteiger charge is -2.31. The Balaban J connectivity index is 1.52. The Hall–Kier alpha value is -2.95. The minimum atomic E-state index is -0.326. The van der Waals surface area contributed by atoms with E-state index >= 15 is 4.39 Å². The van der Waals surface area contributed by atoms with Gasteiger partial charge in [-0.1, -0.05) is 23.0 Å². The number of anilines is 1. The maximum atomic E-state index is 15.1. The highest BCUT2D eigenvalue weighted by Gasteiger charge is 2.24. The summed E-state index contributed by atoms with van der Waals surface area (Å²) in [7, 11) is 2.05.